The first-order valence-corrected chi connectivity index (χ1v) is 4.71. The lowest BCUT2D eigenvalue weighted by Crippen LogP contribution is -2.27. The van der Waals surface area contributed by atoms with E-state index >= 15 is 0 Å². The van der Waals surface area contributed by atoms with E-state index in [-0.39, 0.29) is 18.4 Å². The number of amides is 1. The van der Waals surface area contributed by atoms with Gasteiger partial charge < -0.3 is 10.0 Å². The fraction of sp³-hybridized carbons (Fsp3) is 0.700. The molecule has 1 heterocycles. The van der Waals surface area contributed by atoms with E-state index in [9.17, 15) is 4.79 Å². The summed E-state index contributed by atoms with van der Waals surface area (Å²) in [5, 5.41) is 9.01. The minimum Gasteiger partial charge on any atom is -0.396 e. The van der Waals surface area contributed by atoms with E-state index in [0.29, 0.717) is 12.5 Å². The molecule has 0 aromatic carbocycles. The zero-order valence-electron chi connectivity index (χ0n) is 8.23. The zero-order chi connectivity index (χ0) is 9.84. The molecular formula is C10H17NO2. The first-order valence-electron chi connectivity index (χ1n) is 4.71. The van der Waals surface area contributed by atoms with Crippen molar-refractivity contribution in [3.63, 3.8) is 0 Å². The van der Waals surface area contributed by atoms with Gasteiger partial charge in [-0.2, -0.15) is 0 Å². The molecule has 0 aromatic rings. The van der Waals surface area contributed by atoms with Crippen LogP contribution in [0.2, 0.25) is 0 Å². The molecule has 74 valence electrons. The molecule has 1 rings (SSSR count). The fourth-order valence-electron chi connectivity index (χ4n) is 1.70. The quantitative estimate of drug-likeness (QED) is 0.638. The van der Waals surface area contributed by atoms with Gasteiger partial charge in [-0.15, -0.1) is 0 Å². The van der Waals surface area contributed by atoms with Gasteiger partial charge in [0.1, 0.15) is 0 Å². The van der Waals surface area contributed by atoms with Crippen LogP contribution >= 0.6 is 0 Å². The monoisotopic (exact) mass is 183 g/mol. The molecule has 1 saturated heterocycles. The van der Waals surface area contributed by atoms with Crippen LogP contribution in [-0.4, -0.2) is 35.6 Å². The van der Waals surface area contributed by atoms with Gasteiger partial charge in [-0.25, -0.2) is 0 Å². The number of rotatable bonds is 2. The van der Waals surface area contributed by atoms with Crippen molar-refractivity contribution in [1.29, 1.82) is 0 Å². The van der Waals surface area contributed by atoms with Gasteiger partial charge in [0.2, 0.25) is 5.91 Å². The summed E-state index contributed by atoms with van der Waals surface area (Å²) in [6.07, 6.45) is 3.33. The van der Waals surface area contributed by atoms with Crippen molar-refractivity contribution < 1.29 is 9.90 Å². The number of aliphatic hydroxyl groups excluding tert-OH is 1. The molecule has 0 unspecified atom stereocenters. The SMILES string of the molecule is C/C=C/C(=O)N1C[C@@H](CO)[C@H](C)C1. The minimum atomic E-state index is 0.0605. The summed E-state index contributed by atoms with van der Waals surface area (Å²) in [5.74, 6) is 0.735. The summed E-state index contributed by atoms with van der Waals surface area (Å²) >= 11 is 0. The van der Waals surface area contributed by atoms with Crippen LogP contribution in [0.25, 0.3) is 0 Å². The summed E-state index contributed by atoms with van der Waals surface area (Å²) in [6, 6.07) is 0. The third-order valence-corrected chi connectivity index (χ3v) is 2.62. The van der Waals surface area contributed by atoms with Crippen LogP contribution in [0.4, 0.5) is 0 Å². The molecule has 1 fully saturated rings. The Morgan fingerprint density at radius 3 is 2.77 bits per heavy atom. The fourth-order valence-corrected chi connectivity index (χ4v) is 1.70. The topological polar surface area (TPSA) is 40.5 Å². The lowest BCUT2D eigenvalue weighted by Gasteiger charge is -2.12. The van der Waals surface area contributed by atoms with E-state index < -0.39 is 0 Å². The second-order valence-corrected chi connectivity index (χ2v) is 3.66. The number of aliphatic hydroxyl groups is 1. The summed E-state index contributed by atoms with van der Waals surface area (Å²) in [6.45, 7) is 5.56. The van der Waals surface area contributed by atoms with Crippen molar-refractivity contribution >= 4 is 5.91 Å². The van der Waals surface area contributed by atoms with E-state index in [1.165, 1.54) is 0 Å². The molecule has 1 N–H and O–H groups in total. The third kappa shape index (κ3) is 2.31. The van der Waals surface area contributed by atoms with Gasteiger partial charge in [-0.05, 0) is 18.9 Å². The summed E-state index contributed by atoms with van der Waals surface area (Å²) in [7, 11) is 0. The highest BCUT2D eigenvalue weighted by Crippen LogP contribution is 2.22. The normalized spacial score (nSPS) is 28.7. The van der Waals surface area contributed by atoms with Gasteiger partial charge in [0, 0.05) is 25.6 Å². The minimum absolute atomic E-state index is 0.0605. The molecular weight excluding hydrogens is 166 g/mol. The first-order chi connectivity index (χ1) is 6.19. The molecule has 0 spiro atoms. The molecule has 0 bridgehead atoms. The second-order valence-electron chi connectivity index (χ2n) is 3.66. The van der Waals surface area contributed by atoms with Crippen LogP contribution in [0.1, 0.15) is 13.8 Å². The maximum absolute atomic E-state index is 11.4. The number of hydrogen-bond donors (Lipinski definition) is 1. The van der Waals surface area contributed by atoms with Crippen molar-refractivity contribution in [3.8, 4) is 0 Å². The van der Waals surface area contributed by atoms with Crippen molar-refractivity contribution in [2.24, 2.45) is 11.8 Å². The molecule has 1 aliphatic rings. The molecule has 13 heavy (non-hydrogen) atoms. The molecule has 3 nitrogen and oxygen atoms in total. The summed E-state index contributed by atoms with van der Waals surface area (Å²) in [4.78, 5) is 13.2. The van der Waals surface area contributed by atoms with Gasteiger partial charge in [0.05, 0.1) is 0 Å². The average molecular weight is 183 g/mol. The predicted octanol–water partition coefficient (Wildman–Crippen LogP) is 0.649. The van der Waals surface area contributed by atoms with Crippen LogP contribution in [-0.2, 0) is 4.79 Å². The number of hydrogen-bond acceptors (Lipinski definition) is 2. The smallest absolute Gasteiger partial charge is 0.246 e. The van der Waals surface area contributed by atoms with Crippen LogP contribution in [0, 0.1) is 11.8 Å². The Morgan fingerprint density at radius 2 is 2.31 bits per heavy atom. The average Bonchev–Trinajstić information content (AvgIpc) is 2.47. The third-order valence-electron chi connectivity index (χ3n) is 2.62. The van der Waals surface area contributed by atoms with Gasteiger partial charge in [-0.1, -0.05) is 13.0 Å². The van der Waals surface area contributed by atoms with Crippen LogP contribution in [0.5, 0.6) is 0 Å². The Balaban J connectivity index is 2.52. The van der Waals surface area contributed by atoms with E-state index in [1.54, 1.807) is 17.1 Å². The molecule has 1 aliphatic heterocycles. The number of carbonyl (C=O) groups is 1. The van der Waals surface area contributed by atoms with E-state index in [0.717, 1.165) is 6.54 Å². The summed E-state index contributed by atoms with van der Waals surface area (Å²) < 4.78 is 0. The molecule has 0 aromatic heterocycles. The molecule has 3 heteroatoms. The Hall–Kier alpha value is -0.830. The predicted molar refractivity (Wildman–Crippen MR) is 51.1 cm³/mol. The van der Waals surface area contributed by atoms with Gasteiger partial charge in [-0.3, -0.25) is 4.79 Å². The molecule has 2 atom stereocenters. The van der Waals surface area contributed by atoms with Gasteiger partial charge >= 0.3 is 0 Å². The van der Waals surface area contributed by atoms with Crippen molar-refractivity contribution in [1.82, 2.24) is 4.90 Å². The molecule has 1 amide bonds. The largest absolute Gasteiger partial charge is 0.396 e. The van der Waals surface area contributed by atoms with Crippen LogP contribution < -0.4 is 0 Å². The Bertz CT molecular complexity index is 213. The highest BCUT2D eigenvalue weighted by molar-refractivity contribution is 5.87. The number of likely N-dealkylation sites (tertiary alicyclic amines) is 1. The van der Waals surface area contributed by atoms with Crippen LogP contribution in [0.3, 0.4) is 0 Å². The second kappa shape index (κ2) is 4.42. The first kappa shape index (κ1) is 10.3. The standard InChI is InChI=1S/C10H17NO2/c1-3-4-10(13)11-5-8(2)9(6-11)7-12/h3-4,8-9,12H,5-7H2,1-2H3/b4-3+/t8-,9+/m1/s1. The number of nitrogens with zero attached hydrogens (tertiary/aromatic N) is 1. The van der Waals surface area contributed by atoms with E-state index in [1.807, 2.05) is 6.92 Å². The lowest BCUT2D eigenvalue weighted by atomic mass is 10.00. The molecule has 0 aliphatic carbocycles. The Kier molecular flexibility index (Phi) is 3.48. The molecule has 0 saturated carbocycles. The Labute approximate surface area is 79.0 Å². The van der Waals surface area contributed by atoms with Gasteiger partial charge in [0.15, 0.2) is 0 Å². The number of allylic oxidation sites excluding steroid dienone is 1. The van der Waals surface area contributed by atoms with E-state index in [2.05, 4.69) is 6.92 Å². The van der Waals surface area contributed by atoms with Crippen molar-refractivity contribution in [2.75, 3.05) is 19.7 Å². The van der Waals surface area contributed by atoms with Crippen molar-refractivity contribution in [2.45, 2.75) is 13.8 Å². The maximum Gasteiger partial charge on any atom is 0.246 e. The lowest BCUT2D eigenvalue weighted by molar-refractivity contribution is -0.125. The van der Waals surface area contributed by atoms with E-state index in [4.69, 9.17) is 5.11 Å². The summed E-state index contributed by atoms with van der Waals surface area (Å²) in [5.41, 5.74) is 0. The Morgan fingerprint density at radius 1 is 1.62 bits per heavy atom. The van der Waals surface area contributed by atoms with Crippen molar-refractivity contribution in [3.05, 3.63) is 12.2 Å². The van der Waals surface area contributed by atoms with Gasteiger partial charge in [0.25, 0.3) is 0 Å². The number of carbonyl (C=O) groups excluding carboxylic acids is 1. The highest BCUT2D eigenvalue weighted by atomic mass is 16.3. The maximum atomic E-state index is 11.4. The van der Waals surface area contributed by atoms with Crippen LogP contribution in [0.15, 0.2) is 12.2 Å². The zero-order valence-corrected chi connectivity index (χ0v) is 8.23. The highest BCUT2D eigenvalue weighted by Gasteiger charge is 2.30. The molecule has 0 radical (unpaired) electrons.